The Morgan fingerprint density at radius 2 is 2.07 bits per heavy atom. The van der Waals surface area contributed by atoms with Gasteiger partial charge in [0, 0.05) is 5.56 Å². The number of para-hydroxylation sites is 1. The van der Waals surface area contributed by atoms with Crippen LogP contribution in [0.25, 0.3) is 6.08 Å². The fraction of sp³-hybridized carbons (Fsp3) is 0.333. The van der Waals surface area contributed by atoms with Crippen molar-refractivity contribution in [3.63, 3.8) is 0 Å². The topological polar surface area (TPSA) is 18.5 Å². The molecule has 1 aliphatic heterocycles. The number of rotatable bonds is 1. The van der Waals surface area contributed by atoms with Crippen LogP contribution in [-0.4, -0.2) is 12.7 Å². The van der Waals surface area contributed by atoms with Gasteiger partial charge in [-0.05, 0) is 26.0 Å². The Labute approximate surface area is 84.2 Å². The average Bonchev–Trinajstić information content (AvgIpc) is 2.15. The monoisotopic (exact) mass is 190 g/mol. The first-order chi connectivity index (χ1) is 6.62. The van der Waals surface area contributed by atoms with Crippen molar-refractivity contribution in [2.45, 2.75) is 19.4 Å². The summed E-state index contributed by atoms with van der Waals surface area (Å²) in [4.78, 5) is 0. The Morgan fingerprint density at radius 3 is 2.79 bits per heavy atom. The van der Waals surface area contributed by atoms with E-state index in [1.165, 1.54) is 0 Å². The molecule has 0 fully saturated rings. The lowest BCUT2D eigenvalue weighted by molar-refractivity contribution is 0.152. The van der Waals surface area contributed by atoms with Gasteiger partial charge in [-0.2, -0.15) is 0 Å². The molecule has 0 saturated heterocycles. The summed E-state index contributed by atoms with van der Waals surface area (Å²) >= 11 is 0. The van der Waals surface area contributed by atoms with E-state index in [0.29, 0.717) is 0 Å². The second kappa shape index (κ2) is 3.05. The van der Waals surface area contributed by atoms with E-state index in [2.05, 4.69) is 12.2 Å². The van der Waals surface area contributed by atoms with Gasteiger partial charge in [-0.3, -0.25) is 0 Å². The van der Waals surface area contributed by atoms with E-state index in [9.17, 15) is 0 Å². The maximum absolute atomic E-state index is 5.83. The summed E-state index contributed by atoms with van der Waals surface area (Å²) in [6.07, 6.45) is 4.12. The van der Waals surface area contributed by atoms with Crippen LogP contribution >= 0.6 is 0 Å². The Kier molecular flexibility index (Phi) is 1.99. The number of fused-ring (bicyclic) bond motifs is 1. The summed E-state index contributed by atoms with van der Waals surface area (Å²) in [6.45, 7) is 4.05. The molecule has 1 aromatic carbocycles. The molecule has 1 aliphatic rings. The highest BCUT2D eigenvalue weighted by Gasteiger charge is 2.23. The second-order valence-corrected chi connectivity index (χ2v) is 3.92. The van der Waals surface area contributed by atoms with Crippen molar-refractivity contribution in [2.75, 3.05) is 7.11 Å². The molecule has 0 amide bonds. The van der Waals surface area contributed by atoms with Crippen molar-refractivity contribution in [1.29, 1.82) is 0 Å². The van der Waals surface area contributed by atoms with Crippen molar-refractivity contribution in [2.24, 2.45) is 0 Å². The third kappa shape index (κ3) is 1.48. The number of methoxy groups -OCH3 is 1. The Hall–Kier alpha value is -1.44. The van der Waals surface area contributed by atoms with Crippen molar-refractivity contribution in [3.05, 3.63) is 29.8 Å². The molecule has 0 atom stereocenters. The zero-order valence-corrected chi connectivity index (χ0v) is 8.70. The molecule has 0 unspecified atom stereocenters. The molecular weight excluding hydrogens is 176 g/mol. The largest absolute Gasteiger partial charge is 0.493 e. The Balaban J connectivity index is 2.51. The summed E-state index contributed by atoms with van der Waals surface area (Å²) < 4.78 is 11.1. The molecule has 1 aromatic rings. The highest BCUT2D eigenvalue weighted by atomic mass is 16.5. The summed E-state index contributed by atoms with van der Waals surface area (Å²) in [7, 11) is 1.66. The van der Waals surface area contributed by atoms with Gasteiger partial charge in [0.2, 0.25) is 0 Å². The molecular formula is C12H14O2. The van der Waals surface area contributed by atoms with Crippen LogP contribution in [0.1, 0.15) is 19.4 Å². The molecule has 14 heavy (non-hydrogen) atoms. The Morgan fingerprint density at radius 1 is 1.29 bits per heavy atom. The number of ether oxygens (including phenoxy) is 2. The maximum Gasteiger partial charge on any atom is 0.169 e. The van der Waals surface area contributed by atoms with E-state index in [1.807, 2.05) is 32.0 Å². The van der Waals surface area contributed by atoms with Crippen LogP contribution in [0.4, 0.5) is 0 Å². The van der Waals surface area contributed by atoms with Gasteiger partial charge in [-0.1, -0.05) is 18.2 Å². The Bertz CT molecular complexity index is 378. The van der Waals surface area contributed by atoms with Gasteiger partial charge in [0.05, 0.1) is 7.11 Å². The summed E-state index contributed by atoms with van der Waals surface area (Å²) in [5.74, 6) is 1.63. The predicted molar refractivity (Wildman–Crippen MR) is 56.7 cm³/mol. The van der Waals surface area contributed by atoms with Crippen LogP contribution < -0.4 is 9.47 Å². The predicted octanol–water partition coefficient (Wildman–Crippen LogP) is 2.88. The first-order valence-electron chi connectivity index (χ1n) is 4.68. The van der Waals surface area contributed by atoms with Crippen molar-refractivity contribution in [1.82, 2.24) is 0 Å². The molecule has 2 heteroatoms. The zero-order chi connectivity index (χ0) is 10.2. The highest BCUT2D eigenvalue weighted by molar-refractivity contribution is 5.65. The standard InChI is InChI=1S/C12H14O2/c1-12(2)8-7-9-5-4-6-10(13-3)11(9)14-12/h4-8H,1-3H3. The van der Waals surface area contributed by atoms with Crippen molar-refractivity contribution >= 4 is 6.08 Å². The first-order valence-corrected chi connectivity index (χ1v) is 4.68. The lowest BCUT2D eigenvalue weighted by Crippen LogP contribution is -2.27. The summed E-state index contributed by atoms with van der Waals surface area (Å²) in [6, 6.07) is 5.89. The fourth-order valence-electron chi connectivity index (χ4n) is 1.52. The van der Waals surface area contributed by atoms with Crippen LogP contribution in [0.2, 0.25) is 0 Å². The van der Waals surface area contributed by atoms with Crippen molar-refractivity contribution < 1.29 is 9.47 Å². The van der Waals surface area contributed by atoms with Crippen LogP contribution in [0, 0.1) is 0 Å². The number of hydrogen-bond acceptors (Lipinski definition) is 2. The van der Waals surface area contributed by atoms with Crippen LogP contribution in [0.15, 0.2) is 24.3 Å². The minimum atomic E-state index is -0.248. The van der Waals surface area contributed by atoms with Gasteiger partial charge in [0.25, 0.3) is 0 Å². The molecule has 2 nitrogen and oxygen atoms in total. The maximum atomic E-state index is 5.83. The molecule has 0 N–H and O–H groups in total. The van der Waals surface area contributed by atoms with E-state index in [1.54, 1.807) is 7.11 Å². The third-order valence-corrected chi connectivity index (χ3v) is 2.26. The third-order valence-electron chi connectivity index (χ3n) is 2.26. The molecule has 0 spiro atoms. The van der Waals surface area contributed by atoms with E-state index in [4.69, 9.17) is 9.47 Å². The van der Waals surface area contributed by atoms with Gasteiger partial charge in [-0.25, -0.2) is 0 Å². The SMILES string of the molecule is COc1cccc2c1OC(C)(C)C=C2. The lowest BCUT2D eigenvalue weighted by atomic mass is 10.0. The second-order valence-electron chi connectivity index (χ2n) is 3.92. The van der Waals surface area contributed by atoms with E-state index in [-0.39, 0.29) is 5.60 Å². The molecule has 0 bridgehead atoms. The molecule has 1 heterocycles. The van der Waals surface area contributed by atoms with Gasteiger partial charge in [0.15, 0.2) is 11.5 Å². The van der Waals surface area contributed by atoms with Gasteiger partial charge >= 0.3 is 0 Å². The smallest absolute Gasteiger partial charge is 0.169 e. The van der Waals surface area contributed by atoms with Gasteiger partial charge < -0.3 is 9.47 Å². The molecule has 0 aromatic heterocycles. The lowest BCUT2D eigenvalue weighted by Gasteiger charge is -2.28. The van der Waals surface area contributed by atoms with Crippen molar-refractivity contribution in [3.8, 4) is 11.5 Å². The van der Waals surface area contributed by atoms with Crippen LogP contribution in [0.3, 0.4) is 0 Å². The highest BCUT2D eigenvalue weighted by Crippen LogP contribution is 2.38. The molecule has 74 valence electrons. The fourth-order valence-corrected chi connectivity index (χ4v) is 1.52. The minimum Gasteiger partial charge on any atom is -0.493 e. The molecule has 0 aliphatic carbocycles. The average molecular weight is 190 g/mol. The summed E-state index contributed by atoms with van der Waals surface area (Å²) in [5.41, 5.74) is 0.824. The normalized spacial score (nSPS) is 17.1. The number of hydrogen-bond donors (Lipinski definition) is 0. The van der Waals surface area contributed by atoms with Gasteiger partial charge in [0.1, 0.15) is 5.60 Å². The summed E-state index contributed by atoms with van der Waals surface area (Å²) in [5, 5.41) is 0. The van der Waals surface area contributed by atoms with Gasteiger partial charge in [-0.15, -0.1) is 0 Å². The van der Waals surface area contributed by atoms with E-state index < -0.39 is 0 Å². The first kappa shape index (κ1) is 9.13. The minimum absolute atomic E-state index is 0.248. The quantitative estimate of drug-likeness (QED) is 0.678. The van der Waals surface area contributed by atoms with E-state index in [0.717, 1.165) is 17.1 Å². The molecule has 0 saturated carbocycles. The molecule has 0 radical (unpaired) electrons. The zero-order valence-electron chi connectivity index (χ0n) is 8.70. The van der Waals surface area contributed by atoms with E-state index >= 15 is 0 Å². The van der Waals surface area contributed by atoms with Crippen LogP contribution in [-0.2, 0) is 0 Å². The molecule has 2 rings (SSSR count). The number of benzene rings is 1. The van der Waals surface area contributed by atoms with Crippen LogP contribution in [0.5, 0.6) is 11.5 Å².